The normalized spacial score (nSPS) is 13.5. The van der Waals surface area contributed by atoms with Crippen molar-refractivity contribution in [3.05, 3.63) is 49.9 Å². The molecule has 0 saturated carbocycles. The van der Waals surface area contributed by atoms with Crippen LogP contribution in [0.4, 0.5) is 13.2 Å². The predicted octanol–water partition coefficient (Wildman–Crippen LogP) is 3.79. The van der Waals surface area contributed by atoms with Crippen LogP contribution in [0.5, 0.6) is 0 Å². The van der Waals surface area contributed by atoms with Gasteiger partial charge in [-0.15, -0.1) is 11.3 Å². The zero-order valence-electron chi connectivity index (χ0n) is 10.3. The summed E-state index contributed by atoms with van der Waals surface area (Å²) in [4.78, 5) is 3.84. The molecule has 1 atom stereocenters. The molecular weight excluding hydrogens is 355 g/mol. The highest BCUT2D eigenvalue weighted by molar-refractivity contribution is 9.10. The molecule has 3 N–H and O–H groups in total. The molecule has 0 aliphatic carbocycles. The van der Waals surface area contributed by atoms with E-state index >= 15 is 0 Å². The maximum atomic E-state index is 12.6. The van der Waals surface area contributed by atoms with Gasteiger partial charge < -0.3 is 0 Å². The van der Waals surface area contributed by atoms with Gasteiger partial charge in [-0.3, -0.25) is 5.84 Å². The predicted molar refractivity (Wildman–Crippen MR) is 75.2 cm³/mol. The number of nitrogens with one attached hydrogen (secondary N) is 1. The highest BCUT2D eigenvalue weighted by atomic mass is 79.9. The van der Waals surface area contributed by atoms with Crippen molar-refractivity contribution in [2.75, 3.05) is 0 Å². The number of rotatable bonds is 3. The number of hydrogen-bond donors (Lipinski definition) is 2. The minimum atomic E-state index is -4.43. The Hall–Kier alpha value is -0.960. The summed E-state index contributed by atoms with van der Waals surface area (Å²) in [6, 6.07) is 5.00. The largest absolute Gasteiger partial charge is 0.443 e. The standard InChI is InChI=1S/C12H11BrF3N3S/c1-6-4-7(13)2-3-8(6)10(19-17)9-5-18-11(20-9)12(14,15)16/h2-5,10,19H,17H2,1H3. The second-order valence-electron chi connectivity index (χ2n) is 4.17. The minimum Gasteiger partial charge on any atom is -0.271 e. The Bertz CT molecular complexity index is 612. The van der Waals surface area contributed by atoms with Crippen molar-refractivity contribution >= 4 is 27.3 Å². The molecule has 20 heavy (non-hydrogen) atoms. The molecule has 0 aliphatic heterocycles. The van der Waals surface area contributed by atoms with Gasteiger partial charge in [0, 0.05) is 15.5 Å². The van der Waals surface area contributed by atoms with E-state index in [2.05, 4.69) is 26.3 Å². The first-order valence-electron chi connectivity index (χ1n) is 5.58. The number of nitrogens with zero attached hydrogens (tertiary/aromatic N) is 1. The highest BCUT2D eigenvalue weighted by Crippen LogP contribution is 2.36. The number of hydrazine groups is 1. The van der Waals surface area contributed by atoms with Crippen LogP contribution in [0.25, 0.3) is 0 Å². The van der Waals surface area contributed by atoms with E-state index in [1.165, 1.54) is 6.20 Å². The smallest absolute Gasteiger partial charge is 0.271 e. The molecule has 1 unspecified atom stereocenters. The molecule has 0 saturated heterocycles. The van der Waals surface area contributed by atoms with Gasteiger partial charge in [0.05, 0.1) is 6.04 Å². The first kappa shape index (κ1) is 15.4. The Morgan fingerprint density at radius 2 is 2.10 bits per heavy atom. The molecule has 0 bridgehead atoms. The molecule has 0 fully saturated rings. The van der Waals surface area contributed by atoms with Crippen molar-refractivity contribution in [1.82, 2.24) is 10.4 Å². The molecular formula is C12H11BrF3N3S. The summed E-state index contributed by atoms with van der Waals surface area (Å²) < 4.78 is 38.7. The van der Waals surface area contributed by atoms with E-state index in [0.717, 1.165) is 15.6 Å². The van der Waals surface area contributed by atoms with Crippen LogP contribution >= 0.6 is 27.3 Å². The Morgan fingerprint density at radius 3 is 2.60 bits per heavy atom. The minimum absolute atomic E-state index is 0.422. The number of alkyl halides is 3. The summed E-state index contributed by atoms with van der Waals surface area (Å²) >= 11 is 3.93. The lowest BCUT2D eigenvalue weighted by atomic mass is 10.0. The Kier molecular flexibility index (Phi) is 4.48. The lowest BCUT2D eigenvalue weighted by molar-refractivity contribution is -0.137. The third kappa shape index (κ3) is 3.20. The molecule has 1 aromatic heterocycles. The summed E-state index contributed by atoms with van der Waals surface area (Å²) in [5.74, 6) is 5.50. The molecule has 0 amide bonds. The number of hydrogen-bond acceptors (Lipinski definition) is 4. The molecule has 0 aliphatic rings. The molecule has 108 valence electrons. The lowest BCUT2D eigenvalue weighted by Gasteiger charge is -2.17. The van der Waals surface area contributed by atoms with Crippen LogP contribution < -0.4 is 11.3 Å². The summed E-state index contributed by atoms with van der Waals surface area (Å²) in [5.41, 5.74) is 4.28. The van der Waals surface area contributed by atoms with Gasteiger partial charge in [0.2, 0.25) is 0 Å². The Labute approximate surface area is 126 Å². The molecule has 0 spiro atoms. The van der Waals surface area contributed by atoms with E-state index in [1.54, 1.807) is 0 Å². The number of thiazole rings is 1. The first-order valence-corrected chi connectivity index (χ1v) is 7.19. The number of nitrogens with two attached hydrogens (primary N) is 1. The van der Waals surface area contributed by atoms with Crippen LogP contribution in [0.2, 0.25) is 0 Å². The van der Waals surface area contributed by atoms with Crippen molar-refractivity contribution in [1.29, 1.82) is 0 Å². The monoisotopic (exact) mass is 365 g/mol. The Balaban J connectivity index is 2.40. The van der Waals surface area contributed by atoms with E-state index in [0.29, 0.717) is 16.2 Å². The molecule has 2 rings (SSSR count). The summed E-state index contributed by atoms with van der Waals surface area (Å²) in [5, 5.41) is -0.873. The van der Waals surface area contributed by atoms with Crippen molar-refractivity contribution in [2.24, 2.45) is 5.84 Å². The third-order valence-corrected chi connectivity index (χ3v) is 4.36. The molecule has 1 heterocycles. The van der Waals surface area contributed by atoms with Crippen LogP contribution in [0.15, 0.2) is 28.9 Å². The summed E-state index contributed by atoms with van der Waals surface area (Å²) in [6.07, 6.45) is -3.23. The van der Waals surface area contributed by atoms with Crippen LogP contribution in [0, 0.1) is 6.92 Å². The molecule has 1 aromatic carbocycles. The van der Waals surface area contributed by atoms with Gasteiger partial charge in [0.15, 0.2) is 5.01 Å². The topological polar surface area (TPSA) is 50.9 Å². The van der Waals surface area contributed by atoms with Crippen LogP contribution in [-0.2, 0) is 6.18 Å². The molecule has 8 heteroatoms. The highest BCUT2D eigenvalue weighted by Gasteiger charge is 2.35. The number of aryl methyl sites for hydroxylation is 1. The third-order valence-electron chi connectivity index (χ3n) is 2.76. The quantitative estimate of drug-likeness (QED) is 0.642. The average Bonchev–Trinajstić information content (AvgIpc) is 2.82. The van der Waals surface area contributed by atoms with E-state index in [1.807, 2.05) is 25.1 Å². The van der Waals surface area contributed by atoms with Crippen molar-refractivity contribution < 1.29 is 13.2 Å². The fourth-order valence-corrected chi connectivity index (χ4v) is 3.18. The van der Waals surface area contributed by atoms with Gasteiger partial charge in [-0.2, -0.15) is 13.2 Å². The van der Waals surface area contributed by atoms with Crippen LogP contribution in [0.3, 0.4) is 0 Å². The number of halogens is 4. The number of benzene rings is 1. The van der Waals surface area contributed by atoms with Gasteiger partial charge in [-0.05, 0) is 30.2 Å². The van der Waals surface area contributed by atoms with E-state index in [9.17, 15) is 13.2 Å². The van der Waals surface area contributed by atoms with Crippen molar-refractivity contribution in [2.45, 2.75) is 19.1 Å². The molecule has 0 radical (unpaired) electrons. The maximum absolute atomic E-state index is 12.6. The zero-order valence-corrected chi connectivity index (χ0v) is 12.7. The van der Waals surface area contributed by atoms with Crippen LogP contribution in [-0.4, -0.2) is 4.98 Å². The van der Waals surface area contributed by atoms with Crippen molar-refractivity contribution in [3.63, 3.8) is 0 Å². The van der Waals surface area contributed by atoms with Crippen molar-refractivity contribution in [3.8, 4) is 0 Å². The fraction of sp³-hybridized carbons (Fsp3) is 0.250. The zero-order chi connectivity index (χ0) is 14.9. The molecule has 3 nitrogen and oxygen atoms in total. The van der Waals surface area contributed by atoms with E-state index < -0.39 is 17.2 Å². The van der Waals surface area contributed by atoms with E-state index in [4.69, 9.17) is 5.84 Å². The van der Waals surface area contributed by atoms with Crippen LogP contribution in [0.1, 0.15) is 27.1 Å². The summed E-state index contributed by atoms with van der Waals surface area (Å²) in [7, 11) is 0. The lowest BCUT2D eigenvalue weighted by Crippen LogP contribution is -2.28. The SMILES string of the molecule is Cc1cc(Br)ccc1C(NN)c1cnc(C(F)(F)F)s1. The average molecular weight is 366 g/mol. The van der Waals surface area contributed by atoms with Gasteiger partial charge in [-0.25, -0.2) is 10.4 Å². The Morgan fingerprint density at radius 1 is 1.40 bits per heavy atom. The second-order valence-corrected chi connectivity index (χ2v) is 6.14. The molecule has 2 aromatic rings. The van der Waals surface area contributed by atoms with E-state index in [-0.39, 0.29) is 0 Å². The van der Waals surface area contributed by atoms with Gasteiger partial charge in [0.25, 0.3) is 0 Å². The maximum Gasteiger partial charge on any atom is 0.443 e. The van der Waals surface area contributed by atoms with Gasteiger partial charge in [-0.1, -0.05) is 22.0 Å². The van der Waals surface area contributed by atoms with Gasteiger partial charge >= 0.3 is 6.18 Å². The first-order chi connectivity index (χ1) is 9.32. The summed E-state index contributed by atoms with van der Waals surface area (Å²) in [6.45, 7) is 1.87. The number of aromatic nitrogens is 1. The second kappa shape index (κ2) is 5.80. The fourth-order valence-electron chi connectivity index (χ4n) is 1.84. The van der Waals surface area contributed by atoms with Gasteiger partial charge in [0.1, 0.15) is 0 Å².